The van der Waals surface area contributed by atoms with E-state index < -0.39 is 0 Å². The molecule has 0 spiro atoms. The Morgan fingerprint density at radius 2 is 1.73 bits per heavy atom. The number of ether oxygens (including phenoxy) is 1. The molecule has 0 fully saturated rings. The van der Waals surface area contributed by atoms with Gasteiger partial charge < -0.3 is 4.74 Å². The van der Waals surface area contributed by atoms with Crippen molar-refractivity contribution in [2.24, 2.45) is 0 Å². The van der Waals surface area contributed by atoms with Crippen LogP contribution in [0, 0.1) is 0 Å². The van der Waals surface area contributed by atoms with Gasteiger partial charge in [-0.3, -0.25) is 4.79 Å². The maximum Gasteiger partial charge on any atom is 0.310 e. The average molecular weight is 212 g/mol. The normalized spacial score (nSPS) is 11.5. The predicted octanol–water partition coefficient (Wildman–Crippen LogP) is 4.20. The van der Waals surface area contributed by atoms with E-state index in [1.54, 1.807) is 0 Å². The quantitative estimate of drug-likeness (QED) is 0.342. The zero-order chi connectivity index (χ0) is 11.5. The van der Waals surface area contributed by atoms with Crippen LogP contribution in [0.3, 0.4) is 0 Å². The third-order valence-corrected chi connectivity index (χ3v) is 2.33. The molecule has 2 heteroatoms. The molecular weight excluding hydrogens is 188 g/mol. The van der Waals surface area contributed by atoms with Gasteiger partial charge in [0.1, 0.15) is 5.76 Å². The first-order valence-corrected chi connectivity index (χ1v) is 6.10. The Labute approximate surface area is 93.7 Å². The summed E-state index contributed by atoms with van der Waals surface area (Å²) in [6.45, 7) is 6.17. The van der Waals surface area contributed by atoms with Crippen molar-refractivity contribution in [2.45, 2.75) is 65.7 Å². The number of hydrogen-bond donors (Lipinski definition) is 0. The van der Waals surface area contributed by atoms with Crippen molar-refractivity contribution < 1.29 is 9.53 Å². The van der Waals surface area contributed by atoms with Crippen LogP contribution in [-0.4, -0.2) is 5.97 Å². The lowest BCUT2D eigenvalue weighted by Crippen LogP contribution is -2.04. The van der Waals surface area contributed by atoms with Crippen LogP contribution in [0.5, 0.6) is 0 Å². The topological polar surface area (TPSA) is 26.3 Å². The average Bonchev–Trinajstić information content (AvgIpc) is 2.25. The van der Waals surface area contributed by atoms with E-state index in [1.165, 1.54) is 12.8 Å². The number of carbonyl (C=O) groups excluding carboxylic acids is 1. The summed E-state index contributed by atoms with van der Waals surface area (Å²) in [5, 5.41) is 0. The van der Waals surface area contributed by atoms with Crippen LogP contribution >= 0.6 is 0 Å². The molecule has 2 nitrogen and oxygen atoms in total. The van der Waals surface area contributed by atoms with Crippen molar-refractivity contribution in [3.8, 4) is 0 Å². The van der Waals surface area contributed by atoms with E-state index in [9.17, 15) is 4.79 Å². The minimum Gasteiger partial charge on any atom is -0.431 e. The highest BCUT2D eigenvalue weighted by molar-refractivity contribution is 5.70. The second-order valence-corrected chi connectivity index (χ2v) is 3.79. The van der Waals surface area contributed by atoms with Crippen LogP contribution in [0.15, 0.2) is 11.8 Å². The zero-order valence-corrected chi connectivity index (χ0v) is 10.3. The van der Waals surface area contributed by atoms with Gasteiger partial charge in [-0.1, -0.05) is 33.1 Å². The minimum absolute atomic E-state index is 0.0820. The molecule has 0 heterocycles. The highest BCUT2D eigenvalue weighted by atomic mass is 16.5. The van der Waals surface area contributed by atoms with Gasteiger partial charge in [0, 0.05) is 12.8 Å². The van der Waals surface area contributed by atoms with Crippen molar-refractivity contribution in [1.29, 1.82) is 0 Å². The van der Waals surface area contributed by atoms with Crippen molar-refractivity contribution in [2.75, 3.05) is 0 Å². The van der Waals surface area contributed by atoms with E-state index in [2.05, 4.69) is 13.8 Å². The SMILES string of the molecule is CC=C(CCCCC)OC(=O)CCCC. The molecule has 0 radical (unpaired) electrons. The number of esters is 1. The molecule has 0 aliphatic heterocycles. The summed E-state index contributed by atoms with van der Waals surface area (Å²) in [7, 11) is 0. The van der Waals surface area contributed by atoms with Crippen molar-refractivity contribution in [3.05, 3.63) is 11.8 Å². The van der Waals surface area contributed by atoms with E-state index in [0.29, 0.717) is 6.42 Å². The van der Waals surface area contributed by atoms with Gasteiger partial charge in [0.2, 0.25) is 0 Å². The summed E-state index contributed by atoms with van der Waals surface area (Å²) in [6.07, 6.45) is 8.80. The lowest BCUT2D eigenvalue weighted by atomic mass is 10.2. The summed E-state index contributed by atoms with van der Waals surface area (Å²) in [5.41, 5.74) is 0. The molecular formula is C13H24O2. The van der Waals surface area contributed by atoms with E-state index in [1.807, 2.05) is 13.0 Å². The highest BCUT2D eigenvalue weighted by Crippen LogP contribution is 2.12. The standard InChI is InChI=1S/C13H24O2/c1-4-7-9-10-12(6-3)15-13(14)11-8-5-2/h6H,4-5,7-11H2,1-3H3. The molecule has 0 unspecified atom stereocenters. The lowest BCUT2D eigenvalue weighted by Gasteiger charge is -2.07. The van der Waals surface area contributed by atoms with Gasteiger partial charge in [-0.2, -0.15) is 0 Å². The Morgan fingerprint density at radius 1 is 1.07 bits per heavy atom. The molecule has 0 saturated carbocycles. The summed E-state index contributed by atoms with van der Waals surface area (Å²) < 4.78 is 5.27. The summed E-state index contributed by atoms with van der Waals surface area (Å²) >= 11 is 0. The van der Waals surface area contributed by atoms with Gasteiger partial charge in [-0.15, -0.1) is 0 Å². The molecule has 0 aliphatic rings. The van der Waals surface area contributed by atoms with E-state index >= 15 is 0 Å². The zero-order valence-electron chi connectivity index (χ0n) is 10.3. The molecule has 0 rings (SSSR count). The molecule has 0 atom stereocenters. The third kappa shape index (κ3) is 8.22. The fourth-order valence-corrected chi connectivity index (χ4v) is 1.32. The molecule has 0 N–H and O–H groups in total. The molecule has 0 saturated heterocycles. The van der Waals surface area contributed by atoms with E-state index in [-0.39, 0.29) is 5.97 Å². The van der Waals surface area contributed by atoms with Crippen LogP contribution in [0.4, 0.5) is 0 Å². The number of hydrogen-bond acceptors (Lipinski definition) is 2. The second-order valence-electron chi connectivity index (χ2n) is 3.79. The maximum absolute atomic E-state index is 11.3. The monoisotopic (exact) mass is 212 g/mol. The fraction of sp³-hybridized carbons (Fsp3) is 0.769. The highest BCUT2D eigenvalue weighted by Gasteiger charge is 2.05. The van der Waals surface area contributed by atoms with Crippen molar-refractivity contribution in [3.63, 3.8) is 0 Å². The van der Waals surface area contributed by atoms with E-state index in [0.717, 1.165) is 31.4 Å². The first-order chi connectivity index (χ1) is 7.24. The van der Waals surface area contributed by atoms with Crippen LogP contribution in [-0.2, 0) is 9.53 Å². The summed E-state index contributed by atoms with van der Waals surface area (Å²) in [5.74, 6) is 0.756. The summed E-state index contributed by atoms with van der Waals surface area (Å²) in [6, 6.07) is 0. The number of rotatable bonds is 8. The second kappa shape index (κ2) is 9.75. The Hall–Kier alpha value is -0.790. The van der Waals surface area contributed by atoms with Crippen LogP contribution in [0.1, 0.15) is 65.7 Å². The lowest BCUT2D eigenvalue weighted by molar-refractivity contribution is -0.139. The van der Waals surface area contributed by atoms with Crippen molar-refractivity contribution >= 4 is 5.97 Å². The Morgan fingerprint density at radius 3 is 2.27 bits per heavy atom. The van der Waals surface area contributed by atoms with Crippen LogP contribution in [0.2, 0.25) is 0 Å². The van der Waals surface area contributed by atoms with Crippen LogP contribution in [0.25, 0.3) is 0 Å². The molecule has 15 heavy (non-hydrogen) atoms. The third-order valence-electron chi connectivity index (χ3n) is 2.33. The van der Waals surface area contributed by atoms with Gasteiger partial charge in [0.25, 0.3) is 0 Å². The molecule has 0 aromatic heterocycles. The first kappa shape index (κ1) is 14.2. The predicted molar refractivity (Wildman–Crippen MR) is 63.5 cm³/mol. The van der Waals surface area contributed by atoms with Gasteiger partial charge in [0.15, 0.2) is 0 Å². The number of carbonyl (C=O) groups is 1. The van der Waals surface area contributed by atoms with Crippen molar-refractivity contribution in [1.82, 2.24) is 0 Å². The molecule has 0 amide bonds. The maximum atomic E-state index is 11.3. The van der Waals surface area contributed by atoms with Gasteiger partial charge >= 0.3 is 5.97 Å². The van der Waals surface area contributed by atoms with E-state index in [4.69, 9.17) is 4.74 Å². The molecule has 0 bridgehead atoms. The fourth-order valence-electron chi connectivity index (χ4n) is 1.32. The molecule has 0 aliphatic carbocycles. The molecule has 0 aromatic carbocycles. The first-order valence-electron chi connectivity index (χ1n) is 6.10. The number of unbranched alkanes of at least 4 members (excludes halogenated alkanes) is 3. The molecule has 88 valence electrons. The Balaban J connectivity index is 3.74. The Kier molecular flexibility index (Phi) is 9.24. The smallest absolute Gasteiger partial charge is 0.310 e. The largest absolute Gasteiger partial charge is 0.431 e. The van der Waals surface area contributed by atoms with Crippen LogP contribution < -0.4 is 0 Å². The summed E-state index contributed by atoms with van der Waals surface area (Å²) in [4.78, 5) is 11.3. The minimum atomic E-state index is -0.0820. The molecule has 0 aromatic rings. The Bertz CT molecular complexity index is 195. The van der Waals surface area contributed by atoms with Gasteiger partial charge in [-0.05, 0) is 25.8 Å². The van der Waals surface area contributed by atoms with Gasteiger partial charge in [-0.25, -0.2) is 0 Å². The van der Waals surface area contributed by atoms with Gasteiger partial charge in [0.05, 0.1) is 0 Å². The number of allylic oxidation sites excluding steroid dienone is 2.